The fraction of sp³-hybridized carbons (Fsp3) is 0.318. The number of piperidine rings is 1. The fourth-order valence-corrected chi connectivity index (χ4v) is 3.23. The summed E-state index contributed by atoms with van der Waals surface area (Å²) in [5.41, 5.74) is 2.34. The minimum Gasteiger partial charge on any atom is -0.497 e. The first-order chi connectivity index (χ1) is 13.2. The number of nitrogens with one attached hydrogen (secondary N) is 2. The summed E-state index contributed by atoms with van der Waals surface area (Å²) in [5, 5.41) is 5.84. The summed E-state index contributed by atoms with van der Waals surface area (Å²) in [5.74, 6) is 0.816. The maximum atomic E-state index is 12.1. The molecule has 0 aliphatic carbocycles. The maximum absolute atomic E-state index is 12.1. The summed E-state index contributed by atoms with van der Waals surface area (Å²) in [6.07, 6.45) is 5.48. The molecule has 2 N–H and O–H groups in total. The molecule has 0 unspecified atom stereocenters. The molecule has 0 saturated carbocycles. The van der Waals surface area contributed by atoms with Crippen LogP contribution in [0.4, 0.5) is 4.79 Å². The number of hydrogen-bond acceptors (Lipinski definition) is 3. The third-order valence-electron chi connectivity index (χ3n) is 4.78. The average molecular weight is 365 g/mol. The van der Waals surface area contributed by atoms with Crippen LogP contribution in [0.5, 0.6) is 5.75 Å². The first-order valence-electron chi connectivity index (χ1n) is 9.37. The lowest BCUT2D eigenvalue weighted by atomic mass is 10.0. The van der Waals surface area contributed by atoms with Crippen LogP contribution in [0.2, 0.25) is 0 Å². The van der Waals surface area contributed by atoms with Crippen LogP contribution >= 0.6 is 0 Å². The molecule has 27 heavy (non-hydrogen) atoms. The van der Waals surface area contributed by atoms with Crippen LogP contribution in [0.15, 0.2) is 60.8 Å². The van der Waals surface area contributed by atoms with Gasteiger partial charge in [-0.3, -0.25) is 4.90 Å². The van der Waals surface area contributed by atoms with Crippen molar-refractivity contribution in [1.82, 2.24) is 15.5 Å². The van der Waals surface area contributed by atoms with Gasteiger partial charge >= 0.3 is 6.03 Å². The molecule has 3 rings (SSSR count). The number of hydrogen-bond donors (Lipinski definition) is 2. The molecule has 5 heteroatoms. The van der Waals surface area contributed by atoms with Crippen LogP contribution in [-0.4, -0.2) is 37.2 Å². The van der Waals surface area contributed by atoms with Crippen molar-refractivity contribution in [3.8, 4) is 5.75 Å². The summed E-state index contributed by atoms with van der Waals surface area (Å²) in [6, 6.07) is 18.3. The van der Waals surface area contributed by atoms with E-state index in [1.54, 1.807) is 13.3 Å². The lowest BCUT2D eigenvalue weighted by Gasteiger charge is -2.32. The van der Waals surface area contributed by atoms with Gasteiger partial charge in [0.25, 0.3) is 0 Å². The zero-order valence-corrected chi connectivity index (χ0v) is 15.7. The van der Waals surface area contributed by atoms with Gasteiger partial charge in [-0.25, -0.2) is 4.79 Å². The molecular weight excluding hydrogens is 338 g/mol. The second-order valence-corrected chi connectivity index (χ2v) is 6.76. The molecule has 0 spiro atoms. The number of carbonyl (C=O) groups excluding carboxylic acids is 1. The van der Waals surface area contributed by atoms with Gasteiger partial charge in [0, 0.05) is 31.9 Å². The monoisotopic (exact) mass is 365 g/mol. The van der Waals surface area contributed by atoms with Crippen molar-refractivity contribution in [3.05, 3.63) is 71.9 Å². The first kappa shape index (κ1) is 19.0. The summed E-state index contributed by atoms with van der Waals surface area (Å²) >= 11 is 0. The highest BCUT2D eigenvalue weighted by molar-refractivity contribution is 5.76. The smallest absolute Gasteiger partial charge is 0.318 e. The van der Waals surface area contributed by atoms with E-state index in [1.165, 1.54) is 5.56 Å². The number of ether oxygens (including phenoxy) is 1. The molecule has 142 valence electrons. The molecule has 1 heterocycles. The van der Waals surface area contributed by atoms with Gasteiger partial charge in [-0.05, 0) is 42.2 Å². The Kier molecular flexibility index (Phi) is 6.88. The molecule has 1 aliphatic heterocycles. The zero-order valence-electron chi connectivity index (χ0n) is 15.7. The SMILES string of the molecule is COc1ccc(/C=C/NC(=O)NC2CCN(Cc3ccccc3)CC2)cc1. The molecule has 0 aromatic heterocycles. The third kappa shape index (κ3) is 6.15. The number of nitrogens with zero attached hydrogens (tertiary/aromatic N) is 1. The predicted molar refractivity (Wildman–Crippen MR) is 108 cm³/mol. The van der Waals surface area contributed by atoms with E-state index in [9.17, 15) is 4.79 Å². The van der Waals surface area contributed by atoms with Crippen LogP contribution in [0.25, 0.3) is 6.08 Å². The summed E-state index contributed by atoms with van der Waals surface area (Å²) < 4.78 is 5.13. The number of methoxy groups -OCH3 is 1. The van der Waals surface area contributed by atoms with Crippen molar-refractivity contribution in [2.75, 3.05) is 20.2 Å². The molecule has 2 amide bonds. The van der Waals surface area contributed by atoms with Gasteiger partial charge in [0.05, 0.1) is 7.11 Å². The summed E-state index contributed by atoms with van der Waals surface area (Å²) in [7, 11) is 1.64. The van der Waals surface area contributed by atoms with E-state index < -0.39 is 0 Å². The van der Waals surface area contributed by atoms with Crippen molar-refractivity contribution in [3.63, 3.8) is 0 Å². The Bertz CT molecular complexity index is 736. The van der Waals surface area contributed by atoms with E-state index in [4.69, 9.17) is 4.74 Å². The van der Waals surface area contributed by atoms with E-state index in [2.05, 4.69) is 39.8 Å². The molecule has 2 aromatic carbocycles. The molecule has 2 aromatic rings. The quantitative estimate of drug-likeness (QED) is 0.822. The normalized spacial score (nSPS) is 15.6. The Morgan fingerprint density at radius 1 is 1.11 bits per heavy atom. The summed E-state index contributed by atoms with van der Waals surface area (Å²) in [6.45, 7) is 2.98. The van der Waals surface area contributed by atoms with Crippen molar-refractivity contribution >= 4 is 12.1 Å². The molecule has 1 aliphatic rings. The van der Waals surface area contributed by atoms with Gasteiger partial charge in [-0.15, -0.1) is 0 Å². The number of carbonyl (C=O) groups is 1. The highest BCUT2D eigenvalue weighted by atomic mass is 16.5. The van der Waals surface area contributed by atoms with Crippen molar-refractivity contribution < 1.29 is 9.53 Å². The standard InChI is InChI=1S/C22H27N3O2/c1-27-21-9-7-18(8-10-21)11-14-23-22(26)24-20-12-15-25(16-13-20)17-19-5-3-2-4-6-19/h2-11,14,20H,12-13,15-17H2,1H3,(H2,23,24,26)/b14-11+. The summed E-state index contributed by atoms with van der Waals surface area (Å²) in [4.78, 5) is 14.5. The van der Waals surface area contributed by atoms with Crippen LogP contribution < -0.4 is 15.4 Å². The van der Waals surface area contributed by atoms with Crippen LogP contribution in [0.1, 0.15) is 24.0 Å². The first-order valence-corrected chi connectivity index (χ1v) is 9.37. The Morgan fingerprint density at radius 3 is 2.48 bits per heavy atom. The van der Waals surface area contributed by atoms with Crippen molar-refractivity contribution in [2.45, 2.75) is 25.4 Å². The Morgan fingerprint density at radius 2 is 1.81 bits per heavy atom. The maximum Gasteiger partial charge on any atom is 0.318 e. The topological polar surface area (TPSA) is 53.6 Å². The van der Waals surface area contributed by atoms with E-state index in [0.717, 1.165) is 43.8 Å². The number of likely N-dealkylation sites (tertiary alicyclic amines) is 1. The Balaban J connectivity index is 1.37. The molecule has 1 saturated heterocycles. The highest BCUT2D eigenvalue weighted by Crippen LogP contribution is 2.14. The minimum absolute atomic E-state index is 0.152. The van der Waals surface area contributed by atoms with Gasteiger partial charge in [-0.1, -0.05) is 42.5 Å². The molecule has 5 nitrogen and oxygen atoms in total. The lowest BCUT2D eigenvalue weighted by Crippen LogP contribution is -2.46. The molecule has 1 fully saturated rings. The van der Waals surface area contributed by atoms with Gasteiger partial charge in [0.2, 0.25) is 0 Å². The molecular formula is C22H27N3O2. The lowest BCUT2D eigenvalue weighted by molar-refractivity contribution is 0.187. The number of urea groups is 1. The van der Waals surface area contributed by atoms with Crippen LogP contribution in [0.3, 0.4) is 0 Å². The highest BCUT2D eigenvalue weighted by Gasteiger charge is 2.20. The number of benzene rings is 2. The number of amides is 2. The third-order valence-corrected chi connectivity index (χ3v) is 4.78. The molecule has 0 radical (unpaired) electrons. The fourth-order valence-electron chi connectivity index (χ4n) is 3.23. The molecule has 0 bridgehead atoms. The minimum atomic E-state index is -0.152. The van der Waals surface area contributed by atoms with Crippen molar-refractivity contribution in [2.24, 2.45) is 0 Å². The average Bonchev–Trinajstić information content (AvgIpc) is 2.71. The second-order valence-electron chi connectivity index (χ2n) is 6.76. The van der Waals surface area contributed by atoms with Gasteiger partial charge in [0.1, 0.15) is 5.75 Å². The van der Waals surface area contributed by atoms with E-state index >= 15 is 0 Å². The van der Waals surface area contributed by atoms with Gasteiger partial charge in [0.15, 0.2) is 0 Å². The Labute approximate surface area is 161 Å². The molecule has 0 atom stereocenters. The second kappa shape index (κ2) is 9.78. The van der Waals surface area contributed by atoms with E-state index in [1.807, 2.05) is 36.4 Å². The van der Waals surface area contributed by atoms with Crippen molar-refractivity contribution in [1.29, 1.82) is 0 Å². The Hall–Kier alpha value is -2.79. The van der Waals surface area contributed by atoms with Crippen LogP contribution in [0, 0.1) is 0 Å². The van der Waals surface area contributed by atoms with Gasteiger partial charge < -0.3 is 15.4 Å². The zero-order chi connectivity index (χ0) is 18.9. The predicted octanol–water partition coefficient (Wildman–Crippen LogP) is 3.63. The largest absolute Gasteiger partial charge is 0.497 e. The number of rotatable bonds is 6. The van der Waals surface area contributed by atoms with Gasteiger partial charge in [-0.2, -0.15) is 0 Å². The van der Waals surface area contributed by atoms with E-state index in [0.29, 0.717) is 0 Å². The van der Waals surface area contributed by atoms with E-state index in [-0.39, 0.29) is 12.1 Å². The van der Waals surface area contributed by atoms with Crippen LogP contribution in [-0.2, 0) is 6.54 Å².